The van der Waals surface area contributed by atoms with Crippen molar-refractivity contribution in [3.8, 4) is 0 Å². The largest absolute Gasteiger partial charge is 0.393 e. The smallest absolute Gasteiger partial charge is 0.0564 e. The lowest BCUT2D eigenvalue weighted by Crippen LogP contribution is -2.35. The summed E-state index contributed by atoms with van der Waals surface area (Å²) in [6.07, 6.45) is 1.70. The van der Waals surface area contributed by atoms with Gasteiger partial charge in [-0.05, 0) is 43.0 Å². The second-order valence-corrected chi connectivity index (χ2v) is 5.01. The molecule has 2 rings (SSSR count). The monoisotopic (exact) mass is 239 g/mol. The Bertz CT molecular complexity index is 359. The second kappa shape index (κ2) is 5.17. The van der Waals surface area contributed by atoms with Crippen LogP contribution in [-0.4, -0.2) is 29.2 Å². The maximum absolute atomic E-state index is 9.44. The number of aliphatic hydroxyl groups excluding tert-OH is 1. The molecule has 1 heterocycles. The summed E-state index contributed by atoms with van der Waals surface area (Å²) in [6.45, 7) is 5.04. The minimum atomic E-state index is -0.0948. The standard InChI is InChI=1S/C13H18ClNO/c1-10-8-12(14)3-2-11(10)9-15-6-4-13(16)5-7-15/h2-3,8,13,16H,4-7,9H2,1H3. The Balaban J connectivity index is 1.98. The van der Waals surface area contributed by atoms with Crippen molar-refractivity contribution in [2.75, 3.05) is 13.1 Å². The van der Waals surface area contributed by atoms with Crippen molar-refractivity contribution < 1.29 is 5.11 Å². The normalized spacial score (nSPS) is 18.9. The van der Waals surface area contributed by atoms with Crippen molar-refractivity contribution >= 4 is 11.6 Å². The third-order valence-electron chi connectivity index (χ3n) is 3.26. The van der Waals surface area contributed by atoms with Gasteiger partial charge in [0.15, 0.2) is 0 Å². The molecule has 0 saturated carbocycles. The van der Waals surface area contributed by atoms with Crippen molar-refractivity contribution in [2.24, 2.45) is 0 Å². The Hall–Kier alpha value is -0.570. The highest BCUT2D eigenvalue weighted by Crippen LogP contribution is 2.19. The van der Waals surface area contributed by atoms with Crippen molar-refractivity contribution in [3.05, 3.63) is 34.3 Å². The van der Waals surface area contributed by atoms with E-state index in [4.69, 9.17) is 11.6 Å². The predicted molar refractivity (Wildman–Crippen MR) is 66.7 cm³/mol. The van der Waals surface area contributed by atoms with Gasteiger partial charge < -0.3 is 5.11 Å². The van der Waals surface area contributed by atoms with Crippen molar-refractivity contribution in [1.82, 2.24) is 4.90 Å². The zero-order valence-corrected chi connectivity index (χ0v) is 10.4. The molecule has 1 N–H and O–H groups in total. The number of aliphatic hydroxyl groups is 1. The number of hydrogen-bond acceptors (Lipinski definition) is 2. The SMILES string of the molecule is Cc1cc(Cl)ccc1CN1CCC(O)CC1. The molecule has 1 aliphatic heterocycles. The first-order chi connectivity index (χ1) is 7.65. The minimum Gasteiger partial charge on any atom is -0.393 e. The van der Waals surface area contributed by atoms with Crippen LogP contribution in [0, 0.1) is 6.92 Å². The average Bonchev–Trinajstić information content (AvgIpc) is 2.25. The summed E-state index contributed by atoms with van der Waals surface area (Å²) in [5.41, 5.74) is 2.58. The zero-order chi connectivity index (χ0) is 11.5. The zero-order valence-electron chi connectivity index (χ0n) is 9.62. The van der Waals surface area contributed by atoms with Gasteiger partial charge in [0.2, 0.25) is 0 Å². The Morgan fingerprint density at radius 1 is 1.38 bits per heavy atom. The minimum absolute atomic E-state index is 0.0948. The first-order valence-electron chi connectivity index (χ1n) is 5.80. The molecule has 0 radical (unpaired) electrons. The average molecular weight is 240 g/mol. The predicted octanol–water partition coefficient (Wildman–Crippen LogP) is 2.61. The topological polar surface area (TPSA) is 23.5 Å². The van der Waals surface area contributed by atoms with Crippen LogP contribution >= 0.6 is 11.6 Å². The van der Waals surface area contributed by atoms with Crippen molar-refractivity contribution in [3.63, 3.8) is 0 Å². The number of aryl methyl sites for hydroxylation is 1. The van der Waals surface area contributed by atoms with Gasteiger partial charge in [-0.2, -0.15) is 0 Å². The molecule has 0 aromatic heterocycles. The fourth-order valence-electron chi connectivity index (χ4n) is 2.16. The van der Waals surface area contributed by atoms with Gasteiger partial charge in [0, 0.05) is 24.7 Å². The number of benzene rings is 1. The molecule has 1 aliphatic rings. The van der Waals surface area contributed by atoms with Gasteiger partial charge in [0.05, 0.1) is 6.10 Å². The molecule has 88 valence electrons. The van der Waals surface area contributed by atoms with E-state index in [9.17, 15) is 5.11 Å². The Morgan fingerprint density at radius 2 is 2.06 bits per heavy atom. The molecular weight excluding hydrogens is 222 g/mol. The number of nitrogens with zero attached hydrogens (tertiary/aromatic N) is 1. The number of hydrogen-bond donors (Lipinski definition) is 1. The fraction of sp³-hybridized carbons (Fsp3) is 0.538. The van der Waals surface area contributed by atoms with E-state index in [1.165, 1.54) is 11.1 Å². The highest BCUT2D eigenvalue weighted by atomic mass is 35.5. The maximum Gasteiger partial charge on any atom is 0.0564 e. The van der Waals surface area contributed by atoms with Crippen molar-refractivity contribution in [2.45, 2.75) is 32.4 Å². The first-order valence-corrected chi connectivity index (χ1v) is 6.18. The van der Waals surface area contributed by atoms with Crippen LogP contribution in [0.1, 0.15) is 24.0 Å². The first kappa shape index (κ1) is 11.9. The van der Waals surface area contributed by atoms with Crippen LogP contribution < -0.4 is 0 Å². The lowest BCUT2D eigenvalue weighted by atomic mass is 10.0. The Morgan fingerprint density at radius 3 is 2.69 bits per heavy atom. The van der Waals surface area contributed by atoms with Gasteiger partial charge in [-0.1, -0.05) is 17.7 Å². The van der Waals surface area contributed by atoms with Gasteiger partial charge in [0.25, 0.3) is 0 Å². The molecule has 0 aliphatic carbocycles. The molecular formula is C13H18ClNO. The summed E-state index contributed by atoms with van der Waals surface area (Å²) in [5.74, 6) is 0. The fourth-order valence-corrected chi connectivity index (χ4v) is 2.38. The van der Waals surface area contributed by atoms with E-state index < -0.39 is 0 Å². The van der Waals surface area contributed by atoms with Gasteiger partial charge in [-0.3, -0.25) is 4.90 Å². The maximum atomic E-state index is 9.44. The third-order valence-corrected chi connectivity index (χ3v) is 3.49. The van der Waals surface area contributed by atoms with E-state index in [2.05, 4.69) is 17.9 Å². The van der Waals surface area contributed by atoms with E-state index in [0.717, 1.165) is 37.5 Å². The number of piperidine rings is 1. The second-order valence-electron chi connectivity index (χ2n) is 4.58. The Kier molecular flexibility index (Phi) is 3.85. The lowest BCUT2D eigenvalue weighted by molar-refractivity contribution is 0.0792. The van der Waals surface area contributed by atoms with E-state index >= 15 is 0 Å². The lowest BCUT2D eigenvalue weighted by Gasteiger charge is -2.29. The number of rotatable bonds is 2. The van der Waals surface area contributed by atoms with Crippen LogP contribution in [0.3, 0.4) is 0 Å². The molecule has 1 aromatic carbocycles. The van der Waals surface area contributed by atoms with E-state index in [-0.39, 0.29) is 6.10 Å². The van der Waals surface area contributed by atoms with Crippen molar-refractivity contribution in [1.29, 1.82) is 0 Å². The Labute approximate surface area is 102 Å². The molecule has 0 bridgehead atoms. The molecule has 0 atom stereocenters. The summed E-state index contributed by atoms with van der Waals surface area (Å²) in [6, 6.07) is 6.06. The third kappa shape index (κ3) is 2.97. The van der Waals surface area contributed by atoms with Gasteiger partial charge in [0.1, 0.15) is 0 Å². The van der Waals surface area contributed by atoms with Crippen LogP contribution in [0.2, 0.25) is 5.02 Å². The summed E-state index contributed by atoms with van der Waals surface area (Å²) < 4.78 is 0. The molecule has 1 fully saturated rings. The van der Waals surface area contributed by atoms with Gasteiger partial charge in [-0.25, -0.2) is 0 Å². The quantitative estimate of drug-likeness (QED) is 0.858. The molecule has 2 nitrogen and oxygen atoms in total. The molecule has 0 spiro atoms. The summed E-state index contributed by atoms with van der Waals surface area (Å²) >= 11 is 5.93. The highest BCUT2D eigenvalue weighted by molar-refractivity contribution is 6.30. The molecule has 3 heteroatoms. The molecule has 16 heavy (non-hydrogen) atoms. The van der Waals surface area contributed by atoms with Crippen LogP contribution in [-0.2, 0) is 6.54 Å². The molecule has 0 unspecified atom stereocenters. The van der Waals surface area contributed by atoms with E-state index in [0.29, 0.717) is 0 Å². The van der Waals surface area contributed by atoms with Gasteiger partial charge >= 0.3 is 0 Å². The number of likely N-dealkylation sites (tertiary alicyclic amines) is 1. The van der Waals surface area contributed by atoms with Gasteiger partial charge in [-0.15, -0.1) is 0 Å². The van der Waals surface area contributed by atoms with E-state index in [1.54, 1.807) is 0 Å². The van der Waals surface area contributed by atoms with Crippen LogP contribution in [0.5, 0.6) is 0 Å². The molecule has 0 amide bonds. The van der Waals surface area contributed by atoms with Crippen LogP contribution in [0.25, 0.3) is 0 Å². The highest BCUT2D eigenvalue weighted by Gasteiger charge is 2.17. The molecule has 1 aromatic rings. The number of halogens is 1. The summed E-state index contributed by atoms with van der Waals surface area (Å²) in [7, 11) is 0. The summed E-state index contributed by atoms with van der Waals surface area (Å²) in [4.78, 5) is 2.39. The van der Waals surface area contributed by atoms with Crippen LogP contribution in [0.15, 0.2) is 18.2 Å². The van der Waals surface area contributed by atoms with E-state index in [1.807, 2.05) is 12.1 Å². The molecule has 1 saturated heterocycles. The van der Waals surface area contributed by atoms with Crippen LogP contribution in [0.4, 0.5) is 0 Å². The summed E-state index contributed by atoms with van der Waals surface area (Å²) in [5, 5.41) is 10.2.